The smallest absolute Gasteiger partial charge is 0.155 e. The van der Waals surface area contributed by atoms with E-state index in [2.05, 4.69) is 26.0 Å². The Balaban J connectivity index is 1.48. The number of rotatable bonds is 3. The minimum Gasteiger partial charge on any atom is -0.369 e. The van der Waals surface area contributed by atoms with Gasteiger partial charge < -0.3 is 4.74 Å². The lowest BCUT2D eigenvalue weighted by Crippen LogP contribution is -2.54. The minimum atomic E-state index is -0.132. The average Bonchev–Trinajstić information content (AvgIpc) is 3.03. The third kappa shape index (κ3) is 2.96. The predicted molar refractivity (Wildman–Crippen MR) is 112 cm³/mol. The van der Waals surface area contributed by atoms with Crippen molar-refractivity contribution in [2.45, 2.75) is 71.5 Å². The van der Waals surface area contributed by atoms with E-state index in [-0.39, 0.29) is 22.7 Å². The van der Waals surface area contributed by atoms with Gasteiger partial charge in [0.1, 0.15) is 5.78 Å². The van der Waals surface area contributed by atoms with Gasteiger partial charge >= 0.3 is 0 Å². The van der Waals surface area contributed by atoms with Crippen LogP contribution in [0.3, 0.4) is 0 Å². The molecular formula is C26H32O3. The second-order valence-electron chi connectivity index (χ2n) is 10.3. The number of carbonyl (C=O) groups excluding carboxylic acids is 2. The molecule has 3 saturated carbocycles. The number of ketones is 2. The normalized spacial score (nSPS) is 41.4. The first-order valence-electron chi connectivity index (χ1n) is 11.4. The van der Waals surface area contributed by atoms with Gasteiger partial charge in [0.2, 0.25) is 0 Å². The van der Waals surface area contributed by atoms with Crippen LogP contribution in [-0.4, -0.2) is 17.7 Å². The van der Waals surface area contributed by atoms with Crippen LogP contribution in [0.25, 0.3) is 0 Å². The molecule has 1 aromatic carbocycles. The highest BCUT2D eigenvalue weighted by Gasteiger charge is 2.60. The van der Waals surface area contributed by atoms with E-state index >= 15 is 0 Å². The summed E-state index contributed by atoms with van der Waals surface area (Å²) in [5.41, 5.74) is 2.31. The minimum absolute atomic E-state index is 0.0104. The molecule has 6 atom stereocenters. The van der Waals surface area contributed by atoms with Crippen LogP contribution in [0, 0.1) is 28.6 Å². The molecule has 0 bridgehead atoms. The monoisotopic (exact) mass is 392 g/mol. The summed E-state index contributed by atoms with van der Waals surface area (Å²) in [6.45, 7) is 5.17. The van der Waals surface area contributed by atoms with E-state index in [1.54, 1.807) is 0 Å². The first-order chi connectivity index (χ1) is 13.9. The zero-order chi connectivity index (χ0) is 20.2. The highest BCUT2D eigenvalue weighted by molar-refractivity contribution is 5.92. The van der Waals surface area contributed by atoms with E-state index in [0.29, 0.717) is 36.6 Å². The van der Waals surface area contributed by atoms with Gasteiger partial charge in [-0.25, -0.2) is 0 Å². The summed E-state index contributed by atoms with van der Waals surface area (Å²) in [5.74, 6) is 2.31. The third-order valence-electron chi connectivity index (χ3n) is 8.96. The number of Topliss-reactive ketones (excluding diaryl/α,β-unsaturated/α-hetero) is 1. The molecule has 0 N–H and O–H groups in total. The number of ether oxygens (including phenoxy) is 1. The second kappa shape index (κ2) is 6.91. The summed E-state index contributed by atoms with van der Waals surface area (Å²) in [6.07, 6.45) is 8.36. The van der Waals surface area contributed by atoms with Crippen LogP contribution >= 0.6 is 0 Å². The fourth-order valence-electron chi connectivity index (χ4n) is 7.28. The van der Waals surface area contributed by atoms with E-state index < -0.39 is 0 Å². The highest BCUT2D eigenvalue weighted by Crippen LogP contribution is 2.64. The van der Waals surface area contributed by atoms with E-state index in [1.807, 2.05) is 24.3 Å². The van der Waals surface area contributed by atoms with Crippen molar-refractivity contribution in [3.8, 4) is 0 Å². The van der Waals surface area contributed by atoms with Crippen molar-refractivity contribution in [1.82, 2.24) is 0 Å². The molecule has 0 heterocycles. The lowest BCUT2D eigenvalue weighted by molar-refractivity contribution is -0.136. The molecule has 5 rings (SSSR count). The molecule has 0 saturated heterocycles. The van der Waals surface area contributed by atoms with Crippen LogP contribution in [-0.2, 0) is 20.9 Å². The molecule has 154 valence electrons. The predicted octanol–water partition coefficient (Wildman–Crippen LogP) is 5.28. The number of hydrogen-bond donors (Lipinski definition) is 0. The fourth-order valence-corrected chi connectivity index (χ4v) is 7.28. The van der Waals surface area contributed by atoms with Crippen LogP contribution < -0.4 is 0 Å². The zero-order valence-corrected chi connectivity index (χ0v) is 17.7. The molecule has 0 aromatic heterocycles. The van der Waals surface area contributed by atoms with E-state index in [1.165, 1.54) is 11.1 Å². The Labute approximate surface area is 173 Å². The Morgan fingerprint density at radius 2 is 1.72 bits per heavy atom. The van der Waals surface area contributed by atoms with Crippen molar-refractivity contribution < 1.29 is 14.3 Å². The molecule has 29 heavy (non-hydrogen) atoms. The van der Waals surface area contributed by atoms with Gasteiger partial charge in [0.05, 0.1) is 12.7 Å². The summed E-state index contributed by atoms with van der Waals surface area (Å²) in [5, 5.41) is 0. The van der Waals surface area contributed by atoms with Gasteiger partial charge in [0.25, 0.3) is 0 Å². The van der Waals surface area contributed by atoms with Crippen LogP contribution in [0.1, 0.15) is 64.4 Å². The first kappa shape index (κ1) is 19.2. The quantitative estimate of drug-likeness (QED) is 0.703. The van der Waals surface area contributed by atoms with Crippen LogP contribution in [0.2, 0.25) is 0 Å². The summed E-state index contributed by atoms with van der Waals surface area (Å²) in [7, 11) is 0. The average molecular weight is 393 g/mol. The van der Waals surface area contributed by atoms with Crippen molar-refractivity contribution in [2.24, 2.45) is 28.6 Å². The van der Waals surface area contributed by atoms with Crippen LogP contribution in [0.15, 0.2) is 42.0 Å². The first-order valence-corrected chi connectivity index (χ1v) is 11.4. The second-order valence-corrected chi connectivity index (χ2v) is 10.3. The third-order valence-corrected chi connectivity index (χ3v) is 8.96. The number of fused-ring (bicyclic) bond motifs is 5. The lowest BCUT2D eigenvalue weighted by Gasteiger charge is -2.58. The molecule has 3 unspecified atom stereocenters. The summed E-state index contributed by atoms with van der Waals surface area (Å²) < 4.78 is 6.50. The van der Waals surface area contributed by atoms with E-state index in [4.69, 9.17) is 4.74 Å². The Kier molecular flexibility index (Phi) is 4.58. The molecule has 4 aliphatic rings. The fraction of sp³-hybridized carbons (Fsp3) is 0.615. The molecule has 4 aliphatic carbocycles. The van der Waals surface area contributed by atoms with Crippen LogP contribution in [0.4, 0.5) is 0 Å². The Morgan fingerprint density at radius 3 is 2.52 bits per heavy atom. The maximum absolute atomic E-state index is 12.7. The van der Waals surface area contributed by atoms with Crippen molar-refractivity contribution in [3.63, 3.8) is 0 Å². The van der Waals surface area contributed by atoms with Gasteiger partial charge in [0, 0.05) is 18.3 Å². The van der Waals surface area contributed by atoms with Crippen molar-refractivity contribution in [2.75, 3.05) is 0 Å². The van der Waals surface area contributed by atoms with Gasteiger partial charge in [-0.3, -0.25) is 9.59 Å². The standard InChI is InChI=1S/C26H32O3/c1-25-12-10-18(27)14-22(25)23(29-16-17-6-4-3-5-7-17)15-19-20-8-9-24(28)26(20,2)13-11-21(19)25/h3-7,14,19-21,23H,8-13,15-16H2,1-2H3/t19?,20?,21?,23-,25+,26-/m0/s1. The van der Waals surface area contributed by atoms with Gasteiger partial charge in [0.15, 0.2) is 5.78 Å². The summed E-state index contributed by atoms with van der Waals surface area (Å²) in [4.78, 5) is 25.1. The number of hydrogen-bond acceptors (Lipinski definition) is 3. The highest BCUT2D eigenvalue weighted by atomic mass is 16.5. The van der Waals surface area contributed by atoms with Crippen molar-refractivity contribution in [1.29, 1.82) is 0 Å². The number of benzene rings is 1. The van der Waals surface area contributed by atoms with Crippen molar-refractivity contribution in [3.05, 3.63) is 47.5 Å². The molecular weight excluding hydrogens is 360 g/mol. The molecule has 0 amide bonds. The molecule has 3 heteroatoms. The van der Waals surface area contributed by atoms with E-state index in [0.717, 1.165) is 38.5 Å². The topological polar surface area (TPSA) is 43.4 Å². The maximum atomic E-state index is 12.7. The molecule has 0 aliphatic heterocycles. The molecule has 0 radical (unpaired) electrons. The van der Waals surface area contributed by atoms with Gasteiger partial charge in [-0.1, -0.05) is 44.2 Å². The van der Waals surface area contributed by atoms with Gasteiger partial charge in [-0.15, -0.1) is 0 Å². The molecule has 3 fully saturated rings. The SMILES string of the molecule is C[C@]12CCC(=O)C=C1[C@@H](OCc1ccccc1)CC1C2CC[C@]2(C)C(=O)CCC12. The molecule has 1 aromatic rings. The molecule has 0 spiro atoms. The van der Waals surface area contributed by atoms with Crippen LogP contribution in [0.5, 0.6) is 0 Å². The Bertz CT molecular complexity index is 856. The molecule has 3 nitrogen and oxygen atoms in total. The number of carbonyl (C=O) groups is 2. The Morgan fingerprint density at radius 1 is 0.966 bits per heavy atom. The van der Waals surface area contributed by atoms with Crippen molar-refractivity contribution >= 4 is 11.6 Å². The summed E-state index contributed by atoms with van der Waals surface area (Å²) >= 11 is 0. The Hall–Kier alpha value is -1.74. The largest absolute Gasteiger partial charge is 0.369 e. The summed E-state index contributed by atoms with van der Waals surface area (Å²) in [6, 6.07) is 10.3. The lowest BCUT2D eigenvalue weighted by atomic mass is 9.47. The van der Waals surface area contributed by atoms with Gasteiger partial charge in [-0.2, -0.15) is 0 Å². The zero-order valence-electron chi connectivity index (χ0n) is 17.7. The van der Waals surface area contributed by atoms with Gasteiger partial charge in [-0.05, 0) is 72.5 Å². The maximum Gasteiger partial charge on any atom is 0.155 e. The van der Waals surface area contributed by atoms with E-state index in [9.17, 15) is 9.59 Å².